The SMILES string of the molecule is C=NO[Si](CCC)(CCC)CCC. The smallest absolute Gasteiger partial charge is 0.287 e. The Bertz CT molecular complexity index is 122. The fraction of sp³-hybridized carbons (Fsp3) is 0.900. The van der Waals surface area contributed by atoms with E-state index in [2.05, 4.69) is 32.6 Å². The highest BCUT2D eigenvalue weighted by Crippen LogP contribution is 2.27. The quantitative estimate of drug-likeness (QED) is 0.332. The molecule has 0 aromatic carbocycles. The molecule has 0 aliphatic carbocycles. The van der Waals surface area contributed by atoms with Crippen molar-refractivity contribution in [2.24, 2.45) is 5.16 Å². The zero-order valence-electron chi connectivity index (χ0n) is 9.31. The van der Waals surface area contributed by atoms with Gasteiger partial charge in [-0.25, -0.2) is 0 Å². The van der Waals surface area contributed by atoms with Crippen LogP contribution in [-0.4, -0.2) is 15.0 Å². The van der Waals surface area contributed by atoms with Gasteiger partial charge in [0, 0.05) is 6.72 Å². The Morgan fingerprint density at radius 3 is 1.62 bits per heavy atom. The molecule has 3 heteroatoms. The molecule has 0 N–H and O–H groups in total. The third-order valence-electron chi connectivity index (χ3n) is 2.38. The lowest BCUT2D eigenvalue weighted by Crippen LogP contribution is -2.35. The summed E-state index contributed by atoms with van der Waals surface area (Å²) in [5.74, 6) is 0. The van der Waals surface area contributed by atoms with Crippen molar-refractivity contribution in [1.82, 2.24) is 0 Å². The van der Waals surface area contributed by atoms with Crippen LogP contribution < -0.4 is 0 Å². The summed E-state index contributed by atoms with van der Waals surface area (Å²) in [4.78, 5) is 0. The van der Waals surface area contributed by atoms with Crippen LogP contribution in [0.4, 0.5) is 0 Å². The molecule has 0 radical (unpaired) electrons. The van der Waals surface area contributed by atoms with Crippen LogP contribution in [0.25, 0.3) is 0 Å². The van der Waals surface area contributed by atoms with E-state index in [9.17, 15) is 0 Å². The minimum atomic E-state index is -1.52. The summed E-state index contributed by atoms with van der Waals surface area (Å²) in [7, 11) is -1.52. The highest BCUT2D eigenvalue weighted by molar-refractivity contribution is 6.73. The highest BCUT2D eigenvalue weighted by atomic mass is 28.4. The van der Waals surface area contributed by atoms with E-state index in [1.807, 2.05) is 0 Å². The highest BCUT2D eigenvalue weighted by Gasteiger charge is 2.34. The first-order chi connectivity index (χ1) is 6.24. The normalized spacial score (nSPS) is 11.3. The van der Waals surface area contributed by atoms with Crippen molar-refractivity contribution < 1.29 is 4.53 Å². The van der Waals surface area contributed by atoms with Crippen LogP contribution in [0.3, 0.4) is 0 Å². The van der Waals surface area contributed by atoms with E-state index < -0.39 is 8.32 Å². The summed E-state index contributed by atoms with van der Waals surface area (Å²) in [6.07, 6.45) is 3.63. The second-order valence-electron chi connectivity index (χ2n) is 3.65. The maximum absolute atomic E-state index is 5.60. The maximum Gasteiger partial charge on any atom is 0.287 e. The maximum atomic E-state index is 5.60. The molecule has 0 atom stereocenters. The second-order valence-corrected chi connectivity index (χ2v) is 7.70. The minimum absolute atomic E-state index is 1.21. The van der Waals surface area contributed by atoms with E-state index in [0.29, 0.717) is 0 Å². The summed E-state index contributed by atoms with van der Waals surface area (Å²) in [6.45, 7) is 10.1. The van der Waals surface area contributed by atoms with Crippen LogP contribution in [0.1, 0.15) is 40.0 Å². The van der Waals surface area contributed by atoms with E-state index >= 15 is 0 Å². The van der Waals surface area contributed by atoms with Crippen LogP contribution in [0.2, 0.25) is 18.1 Å². The van der Waals surface area contributed by atoms with Gasteiger partial charge in [0.05, 0.1) is 0 Å². The van der Waals surface area contributed by atoms with Crippen LogP contribution >= 0.6 is 0 Å². The average Bonchev–Trinajstić information content (AvgIpc) is 2.06. The average molecular weight is 201 g/mol. The summed E-state index contributed by atoms with van der Waals surface area (Å²) < 4.78 is 5.60. The van der Waals surface area contributed by atoms with Crippen LogP contribution in [0.15, 0.2) is 5.16 Å². The molecule has 0 spiro atoms. The van der Waals surface area contributed by atoms with E-state index in [0.717, 1.165) is 0 Å². The van der Waals surface area contributed by atoms with Gasteiger partial charge in [-0.15, -0.1) is 5.16 Å². The fourth-order valence-corrected chi connectivity index (χ4v) is 6.05. The predicted octanol–water partition coefficient (Wildman–Crippen LogP) is 3.79. The van der Waals surface area contributed by atoms with Gasteiger partial charge in [0.25, 0.3) is 8.32 Å². The van der Waals surface area contributed by atoms with E-state index in [4.69, 9.17) is 4.53 Å². The topological polar surface area (TPSA) is 21.6 Å². The van der Waals surface area contributed by atoms with Gasteiger partial charge < -0.3 is 4.53 Å². The van der Waals surface area contributed by atoms with Gasteiger partial charge >= 0.3 is 0 Å². The molecule has 0 aliphatic rings. The predicted molar refractivity (Wildman–Crippen MR) is 61.7 cm³/mol. The number of hydrogen-bond acceptors (Lipinski definition) is 2. The van der Waals surface area contributed by atoms with Crippen molar-refractivity contribution in [3.05, 3.63) is 0 Å². The zero-order chi connectivity index (χ0) is 10.2. The Balaban J connectivity index is 4.27. The minimum Gasteiger partial charge on any atom is -0.455 e. The summed E-state index contributed by atoms with van der Waals surface area (Å²) in [5, 5.41) is 3.68. The third kappa shape index (κ3) is 4.46. The van der Waals surface area contributed by atoms with E-state index in [1.165, 1.54) is 37.4 Å². The first kappa shape index (κ1) is 12.7. The third-order valence-corrected chi connectivity index (χ3v) is 7.13. The van der Waals surface area contributed by atoms with Gasteiger partial charge in [0.1, 0.15) is 0 Å². The second kappa shape index (κ2) is 7.13. The molecule has 0 bridgehead atoms. The van der Waals surface area contributed by atoms with E-state index in [-0.39, 0.29) is 0 Å². The monoisotopic (exact) mass is 201 g/mol. The van der Waals surface area contributed by atoms with Crippen molar-refractivity contribution in [3.63, 3.8) is 0 Å². The fourth-order valence-electron chi connectivity index (χ4n) is 2.02. The lowest BCUT2D eigenvalue weighted by atomic mass is 10.6. The molecule has 2 nitrogen and oxygen atoms in total. The Labute approximate surface area is 83.5 Å². The molecule has 0 unspecified atom stereocenters. The molecule has 0 aromatic heterocycles. The molecular weight excluding hydrogens is 178 g/mol. The number of oxime groups is 1. The molecule has 0 fully saturated rings. The van der Waals surface area contributed by atoms with Gasteiger partial charge in [0.15, 0.2) is 0 Å². The molecule has 0 aromatic rings. The molecule has 0 saturated heterocycles. The van der Waals surface area contributed by atoms with Gasteiger partial charge in [-0.05, 0) is 18.1 Å². The lowest BCUT2D eigenvalue weighted by molar-refractivity contribution is 0.320. The van der Waals surface area contributed by atoms with Gasteiger partial charge in [-0.3, -0.25) is 0 Å². The standard InChI is InChI=1S/C10H23NOSi/c1-5-8-13(9-6-2,10-7-3)12-11-4/h4-10H2,1-3H3. The molecule has 78 valence electrons. The van der Waals surface area contributed by atoms with Crippen molar-refractivity contribution >= 4 is 15.0 Å². The van der Waals surface area contributed by atoms with Gasteiger partial charge in [-0.1, -0.05) is 40.0 Å². The Morgan fingerprint density at radius 2 is 1.38 bits per heavy atom. The Kier molecular flexibility index (Phi) is 6.95. The van der Waals surface area contributed by atoms with Gasteiger partial charge in [0.2, 0.25) is 0 Å². The number of rotatable bonds is 8. The molecule has 0 aliphatic heterocycles. The van der Waals surface area contributed by atoms with Gasteiger partial charge in [-0.2, -0.15) is 0 Å². The first-order valence-corrected chi connectivity index (χ1v) is 7.91. The van der Waals surface area contributed by atoms with Crippen LogP contribution in [-0.2, 0) is 4.53 Å². The lowest BCUT2D eigenvalue weighted by Gasteiger charge is -2.27. The molecule has 0 heterocycles. The first-order valence-electron chi connectivity index (χ1n) is 5.38. The molecule has 13 heavy (non-hydrogen) atoms. The van der Waals surface area contributed by atoms with Crippen molar-refractivity contribution in [2.75, 3.05) is 0 Å². The van der Waals surface area contributed by atoms with Crippen molar-refractivity contribution in [1.29, 1.82) is 0 Å². The van der Waals surface area contributed by atoms with Crippen molar-refractivity contribution in [3.8, 4) is 0 Å². The summed E-state index contributed by atoms with van der Waals surface area (Å²) in [5.41, 5.74) is 0. The van der Waals surface area contributed by atoms with Crippen LogP contribution in [0, 0.1) is 0 Å². The van der Waals surface area contributed by atoms with Crippen LogP contribution in [0.5, 0.6) is 0 Å². The summed E-state index contributed by atoms with van der Waals surface area (Å²) in [6, 6.07) is 3.69. The number of hydrogen-bond donors (Lipinski definition) is 0. The Hall–Kier alpha value is -0.313. The Morgan fingerprint density at radius 1 is 1.00 bits per heavy atom. The molecular formula is C10H23NOSi. The molecule has 0 amide bonds. The van der Waals surface area contributed by atoms with E-state index in [1.54, 1.807) is 0 Å². The zero-order valence-corrected chi connectivity index (χ0v) is 10.3. The summed E-state index contributed by atoms with van der Waals surface area (Å²) >= 11 is 0. The molecule has 0 rings (SSSR count). The molecule has 0 saturated carbocycles. The number of nitrogens with zero attached hydrogens (tertiary/aromatic N) is 1. The van der Waals surface area contributed by atoms with Crippen molar-refractivity contribution in [2.45, 2.75) is 58.2 Å². The largest absolute Gasteiger partial charge is 0.455 e.